The molecule has 0 radical (unpaired) electrons. The third-order valence-corrected chi connectivity index (χ3v) is 4.56. The summed E-state index contributed by atoms with van der Waals surface area (Å²) in [6.45, 7) is 4.47. The summed E-state index contributed by atoms with van der Waals surface area (Å²) in [6.07, 6.45) is 13.8. The first kappa shape index (κ1) is 16.5. The first-order chi connectivity index (χ1) is 9.19. The zero-order chi connectivity index (χ0) is 14.1. The molecule has 0 aromatic heterocycles. The summed E-state index contributed by atoms with van der Waals surface area (Å²) in [5, 5.41) is 0. The van der Waals surface area contributed by atoms with Crippen LogP contribution in [0.3, 0.4) is 0 Å². The summed E-state index contributed by atoms with van der Waals surface area (Å²) in [6, 6.07) is 0. The molecule has 2 atom stereocenters. The second kappa shape index (κ2) is 9.39. The molecule has 1 aliphatic carbocycles. The van der Waals surface area contributed by atoms with Gasteiger partial charge in [-0.25, -0.2) is 0 Å². The minimum Gasteiger partial charge on any atom is -0.369 e. The van der Waals surface area contributed by atoms with Crippen molar-refractivity contribution in [3.05, 3.63) is 0 Å². The molecule has 1 rings (SSSR count). The molecule has 1 aliphatic rings. The Morgan fingerprint density at radius 2 is 1.74 bits per heavy atom. The summed E-state index contributed by atoms with van der Waals surface area (Å²) < 4.78 is 0. The van der Waals surface area contributed by atoms with E-state index in [4.69, 9.17) is 5.73 Å². The van der Waals surface area contributed by atoms with Crippen LogP contribution in [0.2, 0.25) is 0 Å². The maximum atomic E-state index is 11.7. The molecule has 112 valence electrons. The van der Waals surface area contributed by atoms with E-state index in [9.17, 15) is 4.79 Å². The van der Waals surface area contributed by atoms with Gasteiger partial charge in [0.05, 0.1) is 0 Å². The Hall–Kier alpha value is -0.530. The molecule has 19 heavy (non-hydrogen) atoms. The summed E-state index contributed by atoms with van der Waals surface area (Å²) in [7, 11) is 0. The molecule has 2 unspecified atom stereocenters. The minimum atomic E-state index is -0.0427. The molecule has 2 heteroatoms. The normalized spacial score (nSPS) is 18.2. The van der Waals surface area contributed by atoms with Crippen molar-refractivity contribution < 1.29 is 4.79 Å². The van der Waals surface area contributed by atoms with Crippen LogP contribution in [-0.4, -0.2) is 5.91 Å². The second-order valence-electron chi connectivity index (χ2n) is 6.44. The zero-order valence-electron chi connectivity index (χ0n) is 13.0. The van der Waals surface area contributed by atoms with Crippen molar-refractivity contribution in [1.29, 1.82) is 0 Å². The lowest BCUT2D eigenvalue weighted by atomic mass is 9.81. The third kappa shape index (κ3) is 6.98. The molecule has 0 saturated heterocycles. The highest BCUT2D eigenvalue weighted by Crippen LogP contribution is 2.39. The van der Waals surface area contributed by atoms with E-state index < -0.39 is 0 Å². The van der Waals surface area contributed by atoms with Gasteiger partial charge in [-0.3, -0.25) is 4.79 Å². The second-order valence-corrected chi connectivity index (χ2v) is 6.44. The molecule has 0 heterocycles. The van der Waals surface area contributed by atoms with Crippen LogP contribution in [0.4, 0.5) is 0 Å². The summed E-state index contributed by atoms with van der Waals surface area (Å²) in [5.41, 5.74) is 5.66. The van der Waals surface area contributed by atoms with Gasteiger partial charge in [0.1, 0.15) is 0 Å². The van der Waals surface area contributed by atoms with Gasteiger partial charge >= 0.3 is 0 Å². The van der Waals surface area contributed by atoms with E-state index in [-0.39, 0.29) is 11.8 Å². The average molecular weight is 267 g/mol. The Morgan fingerprint density at radius 3 is 2.26 bits per heavy atom. The highest BCUT2D eigenvalue weighted by molar-refractivity contribution is 5.77. The average Bonchev–Trinajstić information content (AvgIpc) is 3.18. The maximum Gasteiger partial charge on any atom is 0.220 e. The minimum absolute atomic E-state index is 0.0427. The Morgan fingerprint density at radius 1 is 1.05 bits per heavy atom. The number of hydrogen-bond acceptors (Lipinski definition) is 1. The lowest BCUT2D eigenvalue weighted by molar-refractivity contribution is -0.124. The van der Waals surface area contributed by atoms with Gasteiger partial charge in [-0.1, -0.05) is 65.2 Å². The van der Waals surface area contributed by atoms with Crippen molar-refractivity contribution in [3.8, 4) is 0 Å². The van der Waals surface area contributed by atoms with E-state index in [1.165, 1.54) is 64.2 Å². The number of primary amides is 1. The van der Waals surface area contributed by atoms with E-state index in [0.717, 1.165) is 12.3 Å². The van der Waals surface area contributed by atoms with Crippen LogP contribution < -0.4 is 5.73 Å². The predicted octanol–water partition coefficient (Wildman–Crippen LogP) is 4.66. The summed E-state index contributed by atoms with van der Waals surface area (Å²) in [5.74, 6) is 1.46. The smallest absolute Gasteiger partial charge is 0.220 e. The van der Waals surface area contributed by atoms with Crippen LogP contribution in [0.15, 0.2) is 0 Å². The molecule has 2 N–H and O–H groups in total. The quantitative estimate of drug-likeness (QED) is 0.513. The lowest BCUT2D eigenvalue weighted by Gasteiger charge is -2.24. The largest absolute Gasteiger partial charge is 0.369 e. The molecule has 0 bridgehead atoms. The van der Waals surface area contributed by atoms with Gasteiger partial charge in [-0.15, -0.1) is 0 Å². The van der Waals surface area contributed by atoms with Crippen LogP contribution >= 0.6 is 0 Å². The Labute approximate surface area is 119 Å². The van der Waals surface area contributed by atoms with Gasteiger partial charge in [0.2, 0.25) is 5.91 Å². The molecule has 1 amide bonds. The van der Waals surface area contributed by atoms with Gasteiger partial charge < -0.3 is 5.73 Å². The van der Waals surface area contributed by atoms with E-state index in [0.29, 0.717) is 5.92 Å². The van der Waals surface area contributed by atoms with Crippen LogP contribution in [0.25, 0.3) is 0 Å². The first-order valence-corrected chi connectivity index (χ1v) is 8.48. The standard InChI is InChI=1S/C17H33NO/c1-3-5-6-7-8-10-15(9-4-2)16(17(18)19)13-14-11-12-14/h14-16H,3-13H2,1-2H3,(H2,18,19). The highest BCUT2D eigenvalue weighted by Gasteiger charge is 2.32. The van der Waals surface area contributed by atoms with Gasteiger partial charge in [0.15, 0.2) is 0 Å². The Bertz CT molecular complexity index is 248. The first-order valence-electron chi connectivity index (χ1n) is 8.48. The molecule has 1 fully saturated rings. The van der Waals surface area contributed by atoms with Crippen molar-refractivity contribution in [1.82, 2.24) is 0 Å². The van der Waals surface area contributed by atoms with Crippen molar-refractivity contribution >= 4 is 5.91 Å². The molecular formula is C17H33NO. The highest BCUT2D eigenvalue weighted by atomic mass is 16.1. The van der Waals surface area contributed by atoms with E-state index in [1.807, 2.05) is 0 Å². The fraction of sp³-hybridized carbons (Fsp3) is 0.941. The number of hydrogen-bond donors (Lipinski definition) is 1. The molecule has 0 spiro atoms. The van der Waals surface area contributed by atoms with Gasteiger partial charge in [0, 0.05) is 5.92 Å². The van der Waals surface area contributed by atoms with Gasteiger partial charge in [-0.2, -0.15) is 0 Å². The van der Waals surface area contributed by atoms with E-state index >= 15 is 0 Å². The van der Waals surface area contributed by atoms with Crippen molar-refractivity contribution in [2.75, 3.05) is 0 Å². The fourth-order valence-corrected chi connectivity index (χ4v) is 3.18. The Balaban J connectivity index is 2.35. The molecule has 2 nitrogen and oxygen atoms in total. The SMILES string of the molecule is CCCCCCCC(CCC)C(CC1CC1)C(N)=O. The molecular weight excluding hydrogens is 234 g/mol. The van der Waals surface area contributed by atoms with E-state index in [1.54, 1.807) is 0 Å². The van der Waals surface area contributed by atoms with Crippen molar-refractivity contribution in [2.24, 2.45) is 23.5 Å². The van der Waals surface area contributed by atoms with Gasteiger partial charge in [-0.05, 0) is 31.1 Å². The topological polar surface area (TPSA) is 43.1 Å². The van der Waals surface area contributed by atoms with Gasteiger partial charge in [0.25, 0.3) is 0 Å². The van der Waals surface area contributed by atoms with Crippen LogP contribution in [0.1, 0.15) is 84.5 Å². The molecule has 1 saturated carbocycles. The summed E-state index contributed by atoms with van der Waals surface area (Å²) >= 11 is 0. The number of unbranched alkanes of at least 4 members (excludes halogenated alkanes) is 4. The molecule has 0 aliphatic heterocycles. The van der Waals surface area contributed by atoms with Crippen LogP contribution in [-0.2, 0) is 4.79 Å². The lowest BCUT2D eigenvalue weighted by Crippen LogP contribution is -2.30. The number of carbonyl (C=O) groups is 1. The monoisotopic (exact) mass is 267 g/mol. The number of carbonyl (C=O) groups excluding carboxylic acids is 1. The van der Waals surface area contributed by atoms with Crippen molar-refractivity contribution in [2.45, 2.75) is 84.5 Å². The van der Waals surface area contributed by atoms with Crippen LogP contribution in [0, 0.1) is 17.8 Å². The fourth-order valence-electron chi connectivity index (χ4n) is 3.18. The van der Waals surface area contributed by atoms with Crippen molar-refractivity contribution in [3.63, 3.8) is 0 Å². The number of rotatable bonds is 12. The molecule has 0 aromatic carbocycles. The molecule has 0 aromatic rings. The summed E-state index contributed by atoms with van der Waals surface area (Å²) in [4.78, 5) is 11.7. The zero-order valence-corrected chi connectivity index (χ0v) is 13.0. The van der Waals surface area contributed by atoms with E-state index in [2.05, 4.69) is 13.8 Å². The predicted molar refractivity (Wildman–Crippen MR) is 81.8 cm³/mol. The van der Waals surface area contributed by atoms with Crippen LogP contribution in [0.5, 0.6) is 0 Å². The number of amides is 1. The third-order valence-electron chi connectivity index (χ3n) is 4.56. The maximum absolute atomic E-state index is 11.7. The Kier molecular flexibility index (Phi) is 8.16. The number of nitrogens with two attached hydrogens (primary N) is 1.